The van der Waals surface area contributed by atoms with Gasteiger partial charge in [-0.1, -0.05) is 54.2 Å². The lowest BCUT2D eigenvalue weighted by molar-refractivity contribution is -0.128. The molecule has 8 rings (SSSR count). The Morgan fingerprint density at radius 3 is 1.79 bits per heavy atom. The van der Waals surface area contributed by atoms with Gasteiger partial charge in [-0.15, -0.1) is 11.1 Å². The number of hydrogen-bond acceptors (Lipinski definition) is 11. The second-order valence-electron chi connectivity index (χ2n) is 12.6. The Morgan fingerprint density at radius 2 is 1.23 bits per heavy atom. The van der Waals surface area contributed by atoms with Crippen LogP contribution < -0.4 is 31.7 Å². The molecule has 5 heterocycles. The molecule has 2 aromatic carbocycles. The predicted molar refractivity (Wildman–Crippen MR) is 184 cm³/mol. The average molecular weight is 698 g/mol. The predicted octanol–water partition coefficient (Wildman–Crippen LogP) is 3.04. The quantitative estimate of drug-likeness (QED) is 0.380. The van der Waals surface area contributed by atoms with Crippen LogP contribution in [-0.4, -0.2) is 96.1 Å². The first-order valence-electron chi connectivity index (χ1n) is 16.3. The molecular weight excluding hydrogens is 659 g/mol. The number of carbonyl (C=O) groups excluding carboxylic acids is 2. The Bertz CT molecular complexity index is 1620. The van der Waals surface area contributed by atoms with Crippen molar-refractivity contribution in [3.8, 4) is 0 Å². The van der Waals surface area contributed by atoms with Crippen LogP contribution in [0.15, 0.2) is 70.0 Å². The molecule has 2 aromatic rings. The van der Waals surface area contributed by atoms with E-state index >= 15 is 0 Å². The van der Waals surface area contributed by atoms with Crippen LogP contribution in [0, 0.1) is 0 Å². The molecule has 4 fully saturated rings. The fraction of sp³-hybridized carbons (Fsp3) is 0.438. The van der Waals surface area contributed by atoms with E-state index in [4.69, 9.17) is 23.2 Å². The van der Waals surface area contributed by atoms with Crippen molar-refractivity contribution >= 4 is 58.2 Å². The summed E-state index contributed by atoms with van der Waals surface area (Å²) in [7, 11) is 0. The first kappa shape index (κ1) is 30.8. The number of fused-ring (bicyclic) bond motifs is 5. The maximum atomic E-state index is 14.1. The van der Waals surface area contributed by atoms with Gasteiger partial charge in [0, 0.05) is 63.1 Å². The van der Waals surface area contributed by atoms with Crippen molar-refractivity contribution in [3.05, 3.63) is 80.0 Å². The van der Waals surface area contributed by atoms with Crippen LogP contribution in [0.1, 0.15) is 25.7 Å². The normalized spacial score (nSPS) is 24.5. The van der Waals surface area contributed by atoms with E-state index in [9.17, 15) is 9.59 Å². The number of carbonyl (C=O) groups is 2. The zero-order valence-corrected chi connectivity index (χ0v) is 28.3. The van der Waals surface area contributed by atoms with Crippen molar-refractivity contribution < 1.29 is 9.59 Å². The molecule has 2 unspecified atom stereocenters. The molecule has 12 nitrogen and oxygen atoms in total. The lowest BCUT2D eigenvalue weighted by Crippen LogP contribution is -2.57. The molecule has 15 heteroatoms. The monoisotopic (exact) mass is 696 g/mol. The van der Waals surface area contributed by atoms with Gasteiger partial charge in [0.25, 0.3) is 11.8 Å². The zero-order valence-electron chi connectivity index (χ0n) is 25.9. The second kappa shape index (κ2) is 12.8. The number of piperazine rings is 2. The van der Waals surface area contributed by atoms with Crippen LogP contribution in [0.2, 0.25) is 10.0 Å². The zero-order chi connectivity index (χ0) is 32.1. The molecule has 248 valence electrons. The van der Waals surface area contributed by atoms with Gasteiger partial charge in [0.15, 0.2) is 0 Å². The fourth-order valence-corrected chi connectivity index (χ4v) is 9.10. The number of para-hydroxylation sites is 1. The third kappa shape index (κ3) is 5.71. The molecule has 6 aliphatic rings. The van der Waals surface area contributed by atoms with E-state index in [2.05, 4.69) is 47.8 Å². The van der Waals surface area contributed by atoms with E-state index in [1.165, 1.54) is 11.8 Å². The van der Waals surface area contributed by atoms with Gasteiger partial charge >= 0.3 is 0 Å². The summed E-state index contributed by atoms with van der Waals surface area (Å²) in [6.07, 6.45) is 4.16. The SMILES string of the molecule is O=C(C1=C2SC3=C(C(=O)N4CCN(c5ccccc5Cl)CC4)NNN3C3CCCCC3N2NN1)N1CCN(c2cccc(Cl)c2)CC1. The topological polar surface area (TPSA) is 102 Å². The standard InChI is InChI=1S/C32H38Cl2N10O2S/c33-21-6-5-7-22(20-21)39-12-16-41(17-13-39)29(45)27-31-43(37-35-27)25-10-3-4-11-26(25)44-32(47-31)28(36-38-44)30(46)42-18-14-40(15-19-42)24-9-2-1-8-23(24)34/h1-2,5-9,20,25-26,35-38H,3-4,10-19H2. The first-order chi connectivity index (χ1) is 23.0. The van der Waals surface area contributed by atoms with Crippen molar-refractivity contribution in [2.75, 3.05) is 62.2 Å². The summed E-state index contributed by atoms with van der Waals surface area (Å²) in [5, 5.41) is 7.29. The Kier molecular flexibility index (Phi) is 8.42. The molecule has 1 aliphatic carbocycles. The van der Waals surface area contributed by atoms with Crippen molar-refractivity contribution in [3.63, 3.8) is 0 Å². The summed E-state index contributed by atoms with van der Waals surface area (Å²) in [5.74, 6) is -0.0937. The maximum absolute atomic E-state index is 14.1. The summed E-state index contributed by atoms with van der Waals surface area (Å²) >= 11 is 14.2. The molecule has 47 heavy (non-hydrogen) atoms. The minimum atomic E-state index is -0.0494. The van der Waals surface area contributed by atoms with Gasteiger partial charge in [-0.3, -0.25) is 30.5 Å². The molecule has 5 aliphatic heterocycles. The number of anilines is 2. The van der Waals surface area contributed by atoms with Crippen molar-refractivity contribution in [2.24, 2.45) is 0 Å². The molecule has 2 amide bonds. The molecule has 0 bridgehead atoms. The third-order valence-electron chi connectivity index (χ3n) is 9.95. The summed E-state index contributed by atoms with van der Waals surface area (Å²) in [6.45, 7) is 5.21. The van der Waals surface area contributed by atoms with Gasteiger partial charge < -0.3 is 19.6 Å². The summed E-state index contributed by atoms with van der Waals surface area (Å²) in [5.41, 5.74) is 16.3. The van der Waals surface area contributed by atoms with Gasteiger partial charge in [-0.05, 0) is 54.9 Å². The van der Waals surface area contributed by atoms with Gasteiger partial charge in [0.05, 0.1) is 22.8 Å². The highest BCUT2D eigenvalue weighted by atomic mass is 35.5. The molecule has 2 atom stereocenters. The second-order valence-corrected chi connectivity index (χ2v) is 14.4. The Labute approximate surface area is 288 Å². The largest absolute Gasteiger partial charge is 0.368 e. The van der Waals surface area contributed by atoms with Crippen LogP contribution in [0.4, 0.5) is 11.4 Å². The van der Waals surface area contributed by atoms with Crippen molar-refractivity contribution in [1.29, 1.82) is 0 Å². The van der Waals surface area contributed by atoms with E-state index in [1.54, 1.807) is 0 Å². The van der Waals surface area contributed by atoms with E-state index in [-0.39, 0.29) is 23.9 Å². The summed E-state index contributed by atoms with van der Waals surface area (Å²) < 4.78 is 0. The third-order valence-corrected chi connectivity index (χ3v) is 11.7. The number of thioether (sulfide) groups is 1. The molecular formula is C32H38Cl2N10O2S. The van der Waals surface area contributed by atoms with Gasteiger partial charge in [0.2, 0.25) is 0 Å². The minimum absolute atomic E-state index is 0.0443. The van der Waals surface area contributed by atoms with Crippen molar-refractivity contribution in [1.82, 2.24) is 41.7 Å². The van der Waals surface area contributed by atoms with Gasteiger partial charge in [-0.25, -0.2) is 0 Å². The highest BCUT2D eigenvalue weighted by Crippen LogP contribution is 2.45. The van der Waals surface area contributed by atoms with Crippen LogP contribution in [-0.2, 0) is 9.59 Å². The number of hydrazine groups is 4. The molecule has 1 saturated carbocycles. The van der Waals surface area contributed by atoms with E-state index in [0.717, 1.165) is 65.2 Å². The molecule has 4 N–H and O–H groups in total. The van der Waals surface area contributed by atoms with Crippen molar-refractivity contribution in [2.45, 2.75) is 37.8 Å². The fourth-order valence-electron chi connectivity index (χ4n) is 7.44. The van der Waals surface area contributed by atoms with Crippen LogP contribution in [0.3, 0.4) is 0 Å². The number of nitrogens with one attached hydrogen (secondary N) is 4. The first-order valence-corrected chi connectivity index (χ1v) is 17.9. The lowest BCUT2D eigenvalue weighted by atomic mass is 9.89. The van der Waals surface area contributed by atoms with Crippen LogP contribution in [0.5, 0.6) is 0 Å². The molecule has 0 radical (unpaired) electrons. The molecule has 0 spiro atoms. The summed E-state index contributed by atoms with van der Waals surface area (Å²) in [4.78, 5) is 36.5. The number of hydrogen-bond donors (Lipinski definition) is 4. The van der Waals surface area contributed by atoms with Gasteiger partial charge in [0.1, 0.15) is 21.5 Å². The van der Waals surface area contributed by atoms with E-state index in [1.807, 2.05) is 52.3 Å². The van der Waals surface area contributed by atoms with E-state index < -0.39 is 0 Å². The number of amides is 2. The summed E-state index contributed by atoms with van der Waals surface area (Å²) in [6, 6.07) is 15.9. The Morgan fingerprint density at radius 1 is 0.681 bits per heavy atom. The van der Waals surface area contributed by atoms with Crippen LogP contribution in [0.25, 0.3) is 0 Å². The number of rotatable bonds is 4. The smallest absolute Gasteiger partial charge is 0.274 e. The highest BCUT2D eigenvalue weighted by molar-refractivity contribution is 8.06. The minimum Gasteiger partial charge on any atom is -0.368 e. The van der Waals surface area contributed by atoms with Gasteiger partial charge in [-0.2, -0.15) is 0 Å². The number of halogens is 2. The Balaban J connectivity index is 1.03. The molecule has 0 aromatic heterocycles. The highest BCUT2D eigenvalue weighted by Gasteiger charge is 2.48. The maximum Gasteiger partial charge on any atom is 0.274 e. The van der Waals surface area contributed by atoms with E-state index in [0.29, 0.717) is 55.7 Å². The molecule has 3 saturated heterocycles. The average Bonchev–Trinajstić information content (AvgIpc) is 3.69. The number of nitrogens with zero attached hydrogens (tertiary/aromatic N) is 6. The number of benzene rings is 2. The lowest BCUT2D eigenvalue weighted by Gasteiger charge is -2.40. The van der Waals surface area contributed by atoms with Crippen LogP contribution >= 0.6 is 35.0 Å². The Hall–Kier alpha value is -3.49.